The van der Waals surface area contributed by atoms with Crippen LogP contribution in [-0.4, -0.2) is 48.0 Å². The Labute approximate surface area is 135 Å². The van der Waals surface area contributed by atoms with Crippen molar-refractivity contribution in [3.63, 3.8) is 0 Å². The molecule has 0 amide bonds. The summed E-state index contributed by atoms with van der Waals surface area (Å²) in [5.74, 6) is -1.22. The van der Waals surface area contributed by atoms with E-state index in [9.17, 15) is 19.5 Å². The fourth-order valence-electron chi connectivity index (χ4n) is 2.34. The number of aromatic nitrogens is 3. The summed E-state index contributed by atoms with van der Waals surface area (Å²) in [6, 6.07) is 0. The summed E-state index contributed by atoms with van der Waals surface area (Å²) in [6.45, 7) is -0.329. The van der Waals surface area contributed by atoms with Gasteiger partial charge in [0.2, 0.25) is 5.95 Å². The number of ether oxygens (including phenoxy) is 1. The van der Waals surface area contributed by atoms with Crippen molar-refractivity contribution in [2.24, 2.45) is 0 Å². The molecule has 3 atom stereocenters. The van der Waals surface area contributed by atoms with Gasteiger partial charge >= 0.3 is 10.8 Å². The number of aliphatic hydroxyl groups excluding tert-OH is 1. The highest BCUT2D eigenvalue weighted by Gasteiger charge is 2.40. The Morgan fingerprint density at radius 2 is 2.22 bits per heavy atom. The number of thioether (sulfide) groups is 1. The third kappa shape index (κ3) is 2.85. The van der Waals surface area contributed by atoms with Gasteiger partial charge < -0.3 is 20.7 Å². The van der Waals surface area contributed by atoms with Crippen LogP contribution in [0.25, 0.3) is 10.3 Å². The van der Waals surface area contributed by atoms with Gasteiger partial charge in [0.05, 0.1) is 18.3 Å². The number of carbonyl (C=O) groups is 1. The monoisotopic (exact) mass is 360 g/mol. The first-order chi connectivity index (χ1) is 10.9. The topological polar surface area (TPSA) is 161 Å². The molecule has 23 heavy (non-hydrogen) atoms. The lowest BCUT2D eigenvalue weighted by Gasteiger charge is -2.17. The molecule has 3 heterocycles. The summed E-state index contributed by atoms with van der Waals surface area (Å²) in [5, 5.41) is 17.6. The quantitative estimate of drug-likeness (QED) is 0.544. The number of nitrogens with two attached hydrogens (primary N) is 1. The van der Waals surface area contributed by atoms with E-state index in [4.69, 9.17) is 15.6 Å². The zero-order valence-electron chi connectivity index (χ0n) is 11.5. The number of carboxylic acid groups (broad SMARTS) is 1. The molecular weight excluding hydrogens is 348 g/mol. The largest absolute Gasteiger partial charge is 0.481 e. The van der Waals surface area contributed by atoms with Gasteiger partial charge in [0.1, 0.15) is 10.1 Å². The maximum Gasteiger partial charge on any atom is 0.311 e. The van der Waals surface area contributed by atoms with Gasteiger partial charge in [-0.15, -0.1) is 11.8 Å². The molecule has 2 aromatic heterocycles. The average Bonchev–Trinajstić information content (AvgIpc) is 2.99. The van der Waals surface area contributed by atoms with Crippen molar-refractivity contribution < 1.29 is 19.7 Å². The normalized spacial score (nSPS) is 24.3. The van der Waals surface area contributed by atoms with E-state index in [1.54, 1.807) is 0 Å². The van der Waals surface area contributed by atoms with Gasteiger partial charge in [-0.2, -0.15) is 4.98 Å². The zero-order valence-corrected chi connectivity index (χ0v) is 13.1. The van der Waals surface area contributed by atoms with Gasteiger partial charge in [0.25, 0.3) is 5.56 Å². The predicted octanol–water partition coefficient (Wildman–Crippen LogP) is -0.848. The molecule has 124 valence electrons. The molecule has 0 spiro atoms. The number of nitrogen functional groups attached to an aromatic ring is 1. The number of nitrogens with one attached hydrogen (secondary N) is 1. The second-order valence-corrected chi connectivity index (χ2v) is 7.12. The SMILES string of the molecule is Nc1nc2c(sc(=O)n2[C@H]2O[C@H](CO)S[C@@H]2CC(=O)O)c(=O)[nH]1. The van der Waals surface area contributed by atoms with E-state index in [0.29, 0.717) is 11.3 Å². The van der Waals surface area contributed by atoms with Gasteiger partial charge in [-0.05, 0) is 0 Å². The van der Waals surface area contributed by atoms with E-state index >= 15 is 0 Å². The Morgan fingerprint density at radius 1 is 1.48 bits per heavy atom. The summed E-state index contributed by atoms with van der Waals surface area (Å²) in [6.07, 6.45) is -1.22. The van der Waals surface area contributed by atoms with Crippen LogP contribution in [0.15, 0.2) is 9.59 Å². The molecular formula is C11H12N4O6S2. The highest BCUT2D eigenvalue weighted by atomic mass is 32.2. The third-order valence-electron chi connectivity index (χ3n) is 3.21. The van der Waals surface area contributed by atoms with Gasteiger partial charge in [-0.25, -0.2) is 0 Å². The van der Waals surface area contributed by atoms with Gasteiger partial charge in [0, 0.05) is 0 Å². The Morgan fingerprint density at radius 3 is 2.87 bits per heavy atom. The van der Waals surface area contributed by atoms with Gasteiger partial charge in [-0.3, -0.25) is 23.9 Å². The molecule has 5 N–H and O–H groups in total. The summed E-state index contributed by atoms with van der Waals surface area (Å²) in [7, 11) is 0. The molecule has 10 nitrogen and oxygen atoms in total. The van der Waals surface area contributed by atoms with Crippen LogP contribution in [0.4, 0.5) is 5.95 Å². The number of rotatable bonds is 4. The minimum atomic E-state index is -1.06. The molecule has 1 aliphatic heterocycles. The van der Waals surface area contributed by atoms with Crippen molar-refractivity contribution in [3.8, 4) is 0 Å². The first kappa shape index (κ1) is 16.0. The zero-order chi connectivity index (χ0) is 16.7. The number of anilines is 1. The van der Waals surface area contributed by atoms with E-state index in [-0.39, 0.29) is 29.3 Å². The van der Waals surface area contributed by atoms with Crippen molar-refractivity contribution in [2.75, 3.05) is 12.3 Å². The van der Waals surface area contributed by atoms with E-state index in [1.807, 2.05) is 0 Å². The van der Waals surface area contributed by atoms with Crippen molar-refractivity contribution in [2.45, 2.75) is 23.3 Å². The number of H-pyrrole nitrogens is 1. The minimum Gasteiger partial charge on any atom is -0.481 e. The van der Waals surface area contributed by atoms with Crippen LogP contribution in [0, 0.1) is 0 Å². The number of fused-ring (bicyclic) bond motifs is 1. The van der Waals surface area contributed by atoms with Crippen molar-refractivity contribution >= 4 is 45.4 Å². The lowest BCUT2D eigenvalue weighted by Crippen LogP contribution is -2.28. The number of thiazole rings is 1. The molecule has 0 saturated carbocycles. The molecule has 3 rings (SSSR count). The number of hydrogen-bond donors (Lipinski definition) is 4. The number of aromatic amines is 1. The molecule has 1 aliphatic rings. The summed E-state index contributed by atoms with van der Waals surface area (Å²) >= 11 is 1.79. The molecule has 1 saturated heterocycles. The van der Waals surface area contributed by atoms with Crippen molar-refractivity contribution in [1.82, 2.24) is 14.5 Å². The van der Waals surface area contributed by atoms with E-state index in [0.717, 1.165) is 16.3 Å². The Kier molecular flexibility index (Phi) is 4.14. The average molecular weight is 360 g/mol. The first-order valence-electron chi connectivity index (χ1n) is 6.45. The molecule has 12 heteroatoms. The van der Waals surface area contributed by atoms with Crippen LogP contribution in [0.1, 0.15) is 12.6 Å². The Bertz CT molecular complexity index is 874. The first-order valence-corrected chi connectivity index (χ1v) is 8.21. The van der Waals surface area contributed by atoms with E-state index < -0.39 is 33.3 Å². The molecule has 0 unspecified atom stereocenters. The number of nitrogens with zero attached hydrogens (tertiary/aromatic N) is 2. The van der Waals surface area contributed by atoms with Crippen LogP contribution in [-0.2, 0) is 9.53 Å². The smallest absolute Gasteiger partial charge is 0.311 e. The number of aliphatic hydroxyl groups is 1. The summed E-state index contributed by atoms with van der Waals surface area (Å²) < 4.78 is 6.77. The Hall–Kier alpha value is -1.89. The van der Waals surface area contributed by atoms with Crippen molar-refractivity contribution in [1.29, 1.82) is 0 Å². The predicted molar refractivity (Wildman–Crippen MR) is 83.5 cm³/mol. The second-order valence-electron chi connectivity index (χ2n) is 4.75. The maximum atomic E-state index is 12.3. The van der Waals surface area contributed by atoms with E-state index in [1.165, 1.54) is 0 Å². The lowest BCUT2D eigenvalue weighted by molar-refractivity contribution is -0.137. The number of aliphatic carboxylic acids is 1. The minimum absolute atomic E-state index is 0.0424. The number of hydrogen-bond acceptors (Lipinski definition) is 9. The fourth-order valence-corrected chi connectivity index (χ4v) is 4.40. The van der Waals surface area contributed by atoms with Crippen LogP contribution >= 0.6 is 23.1 Å². The molecule has 0 bridgehead atoms. The van der Waals surface area contributed by atoms with Crippen LogP contribution < -0.4 is 16.2 Å². The molecule has 0 radical (unpaired) electrons. The molecule has 0 aliphatic carbocycles. The van der Waals surface area contributed by atoms with Gasteiger partial charge in [-0.1, -0.05) is 11.3 Å². The van der Waals surface area contributed by atoms with Gasteiger partial charge in [0.15, 0.2) is 11.9 Å². The molecule has 2 aromatic rings. The second kappa shape index (κ2) is 5.96. The highest BCUT2D eigenvalue weighted by Crippen LogP contribution is 2.41. The Balaban J connectivity index is 2.14. The van der Waals surface area contributed by atoms with E-state index in [2.05, 4.69) is 9.97 Å². The maximum absolute atomic E-state index is 12.3. The summed E-state index contributed by atoms with van der Waals surface area (Å²) in [4.78, 5) is 40.9. The highest BCUT2D eigenvalue weighted by molar-refractivity contribution is 8.00. The summed E-state index contributed by atoms with van der Waals surface area (Å²) in [5.41, 5.74) is 4.35. The molecule has 0 aromatic carbocycles. The standard InChI is InChI=1S/C11H12N4O6S2/c12-10-13-7-6(8(19)14-10)23-11(20)15(7)9-3(1-4(17)18)22-5(2-16)21-9/h3,5,9,16H,1-2H2,(H,17,18)(H3,12,13,14,19)/t3-,5+,9+/m1/s1. The van der Waals surface area contributed by atoms with Crippen LogP contribution in [0.3, 0.4) is 0 Å². The number of carboxylic acids is 1. The third-order valence-corrected chi connectivity index (χ3v) is 5.46. The fraction of sp³-hybridized carbons (Fsp3) is 0.455. The van der Waals surface area contributed by atoms with Crippen molar-refractivity contribution in [3.05, 3.63) is 20.0 Å². The van der Waals surface area contributed by atoms with Crippen LogP contribution in [0.2, 0.25) is 0 Å². The molecule has 1 fully saturated rings. The van der Waals surface area contributed by atoms with Crippen LogP contribution in [0.5, 0.6) is 0 Å². The lowest BCUT2D eigenvalue weighted by atomic mass is 10.2.